The summed E-state index contributed by atoms with van der Waals surface area (Å²) >= 11 is 2.14. The van der Waals surface area contributed by atoms with Gasteiger partial charge in [0, 0.05) is 18.2 Å². The van der Waals surface area contributed by atoms with Gasteiger partial charge in [-0.3, -0.25) is 4.79 Å². The van der Waals surface area contributed by atoms with Crippen molar-refractivity contribution in [1.29, 1.82) is 0 Å². The highest BCUT2D eigenvalue weighted by Crippen LogP contribution is 2.09. The molecule has 1 heterocycles. The summed E-state index contributed by atoms with van der Waals surface area (Å²) in [6, 6.07) is 1.63. The zero-order valence-corrected chi connectivity index (χ0v) is 10.9. The van der Waals surface area contributed by atoms with Crippen molar-refractivity contribution in [1.82, 2.24) is 10.5 Å². The molecule has 0 atom stereocenters. The molecule has 84 valence electrons. The molecule has 0 unspecified atom stereocenters. The first kappa shape index (κ1) is 12.4. The molecular formula is C9H14IN3O2. The Morgan fingerprint density at radius 3 is 2.87 bits per heavy atom. The summed E-state index contributed by atoms with van der Waals surface area (Å²) < 4.78 is 5.63. The average molecular weight is 323 g/mol. The van der Waals surface area contributed by atoms with E-state index < -0.39 is 5.54 Å². The minimum Gasteiger partial charge on any atom is -0.360 e. The fraction of sp³-hybridized carbons (Fsp3) is 0.556. The van der Waals surface area contributed by atoms with Gasteiger partial charge in [0.2, 0.25) is 0 Å². The standard InChI is InChI=1S/C9H14IN3O2/c1-9(2,5-11)12-8(14)7-3-6(4-10)15-13-7/h3H,4-5,11H2,1-2H3,(H,12,14). The fourth-order valence-corrected chi connectivity index (χ4v) is 1.26. The highest BCUT2D eigenvalue weighted by atomic mass is 127. The van der Waals surface area contributed by atoms with Crippen molar-refractivity contribution in [3.8, 4) is 0 Å². The highest BCUT2D eigenvalue weighted by molar-refractivity contribution is 14.1. The van der Waals surface area contributed by atoms with Crippen molar-refractivity contribution >= 4 is 28.5 Å². The third-order valence-corrected chi connectivity index (χ3v) is 2.64. The zero-order valence-electron chi connectivity index (χ0n) is 8.71. The second kappa shape index (κ2) is 4.93. The number of alkyl halides is 1. The molecule has 1 amide bonds. The number of amides is 1. The van der Waals surface area contributed by atoms with Gasteiger partial charge >= 0.3 is 0 Å². The van der Waals surface area contributed by atoms with E-state index in [2.05, 4.69) is 33.1 Å². The quantitative estimate of drug-likeness (QED) is 0.642. The maximum atomic E-state index is 11.7. The lowest BCUT2D eigenvalue weighted by Crippen LogP contribution is -2.48. The molecule has 1 rings (SSSR count). The van der Waals surface area contributed by atoms with Gasteiger partial charge in [-0.05, 0) is 13.8 Å². The van der Waals surface area contributed by atoms with Crippen LogP contribution in [0.5, 0.6) is 0 Å². The maximum Gasteiger partial charge on any atom is 0.273 e. The van der Waals surface area contributed by atoms with E-state index in [1.54, 1.807) is 6.07 Å². The normalized spacial score (nSPS) is 11.5. The van der Waals surface area contributed by atoms with E-state index in [0.717, 1.165) is 0 Å². The minimum atomic E-state index is -0.430. The van der Waals surface area contributed by atoms with Crippen LogP contribution in [-0.4, -0.2) is 23.1 Å². The van der Waals surface area contributed by atoms with Gasteiger partial charge in [-0.2, -0.15) is 0 Å². The molecule has 5 nitrogen and oxygen atoms in total. The van der Waals surface area contributed by atoms with Gasteiger partial charge in [-0.1, -0.05) is 27.7 Å². The van der Waals surface area contributed by atoms with Gasteiger partial charge in [-0.25, -0.2) is 0 Å². The number of hydrogen-bond donors (Lipinski definition) is 2. The van der Waals surface area contributed by atoms with Crippen LogP contribution in [0.4, 0.5) is 0 Å². The number of nitrogens with two attached hydrogens (primary N) is 1. The number of nitrogens with one attached hydrogen (secondary N) is 1. The Morgan fingerprint density at radius 1 is 1.73 bits per heavy atom. The summed E-state index contributed by atoms with van der Waals surface area (Å²) in [6.07, 6.45) is 0. The molecule has 0 radical (unpaired) electrons. The fourth-order valence-electron chi connectivity index (χ4n) is 0.905. The van der Waals surface area contributed by atoms with Crippen LogP contribution in [0, 0.1) is 0 Å². The second-order valence-corrected chi connectivity index (χ2v) is 4.62. The molecule has 0 aliphatic rings. The number of rotatable bonds is 4. The second-order valence-electron chi connectivity index (χ2n) is 3.85. The van der Waals surface area contributed by atoms with E-state index in [4.69, 9.17) is 10.3 Å². The Balaban J connectivity index is 2.69. The van der Waals surface area contributed by atoms with Gasteiger partial charge < -0.3 is 15.6 Å². The van der Waals surface area contributed by atoms with Crippen LogP contribution < -0.4 is 11.1 Å². The summed E-state index contributed by atoms with van der Waals surface area (Å²) in [5.74, 6) is 0.427. The Hall–Kier alpha value is -0.630. The van der Waals surface area contributed by atoms with Crippen LogP contribution in [0.3, 0.4) is 0 Å². The van der Waals surface area contributed by atoms with Crippen LogP contribution >= 0.6 is 22.6 Å². The molecule has 1 aromatic rings. The van der Waals surface area contributed by atoms with E-state index in [9.17, 15) is 4.79 Å². The first-order valence-corrected chi connectivity index (χ1v) is 6.05. The van der Waals surface area contributed by atoms with Crippen molar-refractivity contribution in [3.63, 3.8) is 0 Å². The number of hydrogen-bond acceptors (Lipinski definition) is 4. The lowest BCUT2D eigenvalue weighted by atomic mass is 10.1. The van der Waals surface area contributed by atoms with E-state index in [1.165, 1.54) is 0 Å². The summed E-state index contributed by atoms with van der Waals surface area (Å²) in [7, 11) is 0. The topological polar surface area (TPSA) is 81.1 Å². The largest absolute Gasteiger partial charge is 0.360 e. The van der Waals surface area contributed by atoms with Crippen molar-refractivity contribution in [3.05, 3.63) is 17.5 Å². The molecule has 15 heavy (non-hydrogen) atoms. The van der Waals surface area contributed by atoms with Gasteiger partial charge in [0.25, 0.3) is 5.91 Å². The number of halogens is 1. The molecule has 0 saturated carbocycles. The Kier molecular flexibility index (Phi) is 4.09. The van der Waals surface area contributed by atoms with Crippen molar-refractivity contribution in [2.75, 3.05) is 6.54 Å². The first-order chi connectivity index (χ1) is 6.98. The molecule has 0 aromatic carbocycles. The summed E-state index contributed by atoms with van der Waals surface area (Å²) in [6.45, 7) is 4.07. The zero-order chi connectivity index (χ0) is 11.5. The average Bonchev–Trinajstić information content (AvgIpc) is 2.65. The van der Waals surface area contributed by atoms with E-state index >= 15 is 0 Å². The highest BCUT2D eigenvalue weighted by Gasteiger charge is 2.21. The van der Waals surface area contributed by atoms with Crippen LogP contribution in [0.1, 0.15) is 30.1 Å². The Morgan fingerprint density at radius 2 is 2.40 bits per heavy atom. The van der Waals surface area contributed by atoms with E-state index in [0.29, 0.717) is 22.4 Å². The van der Waals surface area contributed by atoms with Crippen LogP contribution in [0.25, 0.3) is 0 Å². The molecule has 0 aliphatic carbocycles. The van der Waals surface area contributed by atoms with Gasteiger partial charge in [0.05, 0.1) is 4.43 Å². The Bertz CT molecular complexity index is 349. The predicted molar refractivity (Wildman–Crippen MR) is 64.8 cm³/mol. The van der Waals surface area contributed by atoms with E-state index in [-0.39, 0.29) is 5.91 Å². The molecule has 0 saturated heterocycles. The number of carbonyl (C=O) groups excluding carboxylic acids is 1. The number of nitrogens with zero attached hydrogens (tertiary/aromatic N) is 1. The molecule has 3 N–H and O–H groups in total. The Labute approximate surface area is 102 Å². The summed E-state index contributed by atoms with van der Waals surface area (Å²) in [5, 5.41) is 6.44. The summed E-state index contributed by atoms with van der Waals surface area (Å²) in [5.41, 5.74) is 5.37. The van der Waals surface area contributed by atoms with Gasteiger partial charge in [0.15, 0.2) is 5.69 Å². The van der Waals surface area contributed by atoms with Crippen LogP contribution in [0.2, 0.25) is 0 Å². The van der Waals surface area contributed by atoms with Gasteiger partial charge in [-0.15, -0.1) is 0 Å². The molecule has 0 bridgehead atoms. The molecule has 6 heteroatoms. The first-order valence-electron chi connectivity index (χ1n) is 4.52. The molecule has 0 aliphatic heterocycles. The molecule has 0 fully saturated rings. The molecule has 0 spiro atoms. The monoisotopic (exact) mass is 323 g/mol. The molecular weight excluding hydrogens is 309 g/mol. The summed E-state index contributed by atoms with van der Waals surface area (Å²) in [4.78, 5) is 11.7. The van der Waals surface area contributed by atoms with Crippen molar-refractivity contribution < 1.29 is 9.32 Å². The minimum absolute atomic E-state index is 0.259. The maximum absolute atomic E-state index is 11.7. The predicted octanol–water partition coefficient (Wildman–Crippen LogP) is 1.08. The molecule has 1 aromatic heterocycles. The number of carbonyl (C=O) groups is 1. The lowest BCUT2D eigenvalue weighted by molar-refractivity contribution is 0.0906. The lowest BCUT2D eigenvalue weighted by Gasteiger charge is -2.23. The van der Waals surface area contributed by atoms with Crippen LogP contribution in [0.15, 0.2) is 10.6 Å². The van der Waals surface area contributed by atoms with Crippen molar-refractivity contribution in [2.45, 2.75) is 23.8 Å². The third-order valence-electron chi connectivity index (χ3n) is 1.89. The van der Waals surface area contributed by atoms with E-state index in [1.807, 2.05) is 13.8 Å². The SMILES string of the molecule is CC(C)(CN)NC(=O)c1cc(CI)on1. The van der Waals surface area contributed by atoms with Crippen LogP contribution in [-0.2, 0) is 4.43 Å². The van der Waals surface area contributed by atoms with Gasteiger partial charge in [0.1, 0.15) is 5.76 Å². The number of aromatic nitrogens is 1. The third kappa shape index (κ3) is 3.45. The van der Waals surface area contributed by atoms with Crippen molar-refractivity contribution in [2.24, 2.45) is 5.73 Å². The smallest absolute Gasteiger partial charge is 0.273 e.